The van der Waals surface area contributed by atoms with Crippen LogP contribution in [0.15, 0.2) is 34.7 Å². The molecule has 0 N–H and O–H groups in total. The lowest BCUT2D eigenvalue weighted by molar-refractivity contribution is 0.110. The summed E-state index contributed by atoms with van der Waals surface area (Å²) in [6.07, 6.45) is 5.53. The second kappa shape index (κ2) is 4.21. The summed E-state index contributed by atoms with van der Waals surface area (Å²) in [5.74, 6) is 1.21. The van der Waals surface area contributed by atoms with Crippen LogP contribution in [-0.4, -0.2) is 6.29 Å². The van der Waals surface area contributed by atoms with Gasteiger partial charge < -0.3 is 4.42 Å². The molecule has 0 bridgehead atoms. The Morgan fingerprint density at radius 2 is 1.94 bits per heavy atom. The van der Waals surface area contributed by atoms with E-state index < -0.39 is 0 Å². The average Bonchev–Trinajstić information content (AvgIpc) is 2.87. The maximum atomic E-state index is 10.6. The van der Waals surface area contributed by atoms with E-state index in [-0.39, 0.29) is 0 Å². The molecule has 1 aliphatic rings. The number of carbonyl (C=O) groups excluding carboxylic acids is 1. The Morgan fingerprint density at radius 3 is 2.76 bits per heavy atom. The summed E-state index contributed by atoms with van der Waals surface area (Å²) < 4.78 is 5.52. The molecule has 1 heterocycles. The Bertz CT molecular complexity index is 552. The normalized spacial score (nSPS) is 14.4. The van der Waals surface area contributed by atoms with E-state index in [1.165, 1.54) is 24.0 Å². The van der Waals surface area contributed by atoms with Crippen molar-refractivity contribution < 1.29 is 9.21 Å². The highest BCUT2D eigenvalue weighted by Gasteiger charge is 2.15. The smallest absolute Gasteiger partial charge is 0.185 e. The van der Waals surface area contributed by atoms with Crippen LogP contribution in [0.2, 0.25) is 0 Å². The number of rotatable bonds is 2. The molecule has 86 valence electrons. The van der Waals surface area contributed by atoms with E-state index in [9.17, 15) is 4.79 Å². The fraction of sp³-hybridized carbons (Fsp3) is 0.267. The highest BCUT2D eigenvalue weighted by atomic mass is 16.3. The third-order valence-corrected chi connectivity index (χ3v) is 3.40. The number of hydrogen-bond acceptors (Lipinski definition) is 2. The van der Waals surface area contributed by atoms with Crippen LogP contribution < -0.4 is 0 Å². The van der Waals surface area contributed by atoms with Gasteiger partial charge in [0.25, 0.3) is 0 Å². The maximum absolute atomic E-state index is 10.6. The van der Waals surface area contributed by atoms with Crippen LogP contribution >= 0.6 is 0 Å². The van der Waals surface area contributed by atoms with Gasteiger partial charge in [-0.1, -0.05) is 18.2 Å². The first-order valence-electron chi connectivity index (χ1n) is 6.04. The van der Waals surface area contributed by atoms with Gasteiger partial charge in [-0.3, -0.25) is 4.79 Å². The average molecular weight is 226 g/mol. The zero-order valence-corrected chi connectivity index (χ0v) is 9.61. The summed E-state index contributed by atoms with van der Waals surface area (Å²) in [4.78, 5) is 10.6. The summed E-state index contributed by atoms with van der Waals surface area (Å²) in [5, 5.41) is 0. The molecule has 1 aromatic carbocycles. The van der Waals surface area contributed by atoms with Crippen molar-refractivity contribution in [3.05, 3.63) is 47.2 Å². The predicted octanol–water partition coefficient (Wildman–Crippen LogP) is 3.64. The van der Waals surface area contributed by atoms with Gasteiger partial charge in [-0.15, -0.1) is 0 Å². The van der Waals surface area contributed by atoms with Gasteiger partial charge in [0.15, 0.2) is 12.0 Å². The minimum absolute atomic E-state index is 0.397. The van der Waals surface area contributed by atoms with Crippen LogP contribution in [0.5, 0.6) is 0 Å². The summed E-state index contributed by atoms with van der Waals surface area (Å²) in [7, 11) is 0. The molecule has 0 saturated carbocycles. The van der Waals surface area contributed by atoms with Gasteiger partial charge in [-0.05, 0) is 48.9 Å². The molecule has 2 heteroatoms. The van der Waals surface area contributed by atoms with Gasteiger partial charge in [0.05, 0.1) is 0 Å². The van der Waals surface area contributed by atoms with Gasteiger partial charge in [0, 0.05) is 5.56 Å². The van der Waals surface area contributed by atoms with Gasteiger partial charge >= 0.3 is 0 Å². The molecule has 2 nitrogen and oxygen atoms in total. The Labute approximate surface area is 100 Å². The topological polar surface area (TPSA) is 30.2 Å². The molecule has 0 fully saturated rings. The van der Waals surface area contributed by atoms with E-state index in [4.69, 9.17) is 4.42 Å². The molecule has 0 unspecified atom stereocenters. The first-order chi connectivity index (χ1) is 8.38. The van der Waals surface area contributed by atoms with Crippen molar-refractivity contribution in [1.29, 1.82) is 0 Å². The predicted molar refractivity (Wildman–Crippen MR) is 66.2 cm³/mol. The standard InChI is InChI=1S/C15H14O2/c16-10-12-8-9-15(17-12)14-7-3-5-11-4-1-2-6-13(11)14/h3,5,7-10H,1-2,4,6H2. The van der Waals surface area contributed by atoms with E-state index in [0.717, 1.165) is 30.5 Å². The van der Waals surface area contributed by atoms with Crippen LogP contribution in [0.25, 0.3) is 11.3 Å². The molecule has 0 saturated heterocycles. The highest BCUT2D eigenvalue weighted by Crippen LogP contribution is 2.32. The SMILES string of the molecule is O=Cc1ccc(-c2cccc3c2CCCC3)o1. The fourth-order valence-electron chi connectivity index (χ4n) is 2.57. The molecule has 3 rings (SSSR count). The minimum atomic E-state index is 0.397. The number of benzene rings is 1. The van der Waals surface area contributed by atoms with Gasteiger partial charge in [-0.2, -0.15) is 0 Å². The summed E-state index contributed by atoms with van der Waals surface area (Å²) in [5.41, 5.74) is 3.97. The van der Waals surface area contributed by atoms with Crippen molar-refractivity contribution in [2.45, 2.75) is 25.7 Å². The third-order valence-electron chi connectivity index (χ3n) is 3.40. The fourth-order valence-corrected chi connectivity index (χ4v) is 2.57. The maximum Gasteiger partial charge on any atom is 0.185 e. The first-order valence-corrected chi connectivity index (χ1v) is 6.04. The number of furan rings is 1. The molecule has 17 heavy (non-hydrogen) atoms. The molecule has 0 atom stereocenters. The molecule has 1 aliphatic carbocycles. The summed E-state index contributed by atoms with van der Waals surface area (Å²) >= 11 is 0. The minimum Gasteiger partial charge on any atom is -0.453 e. The van der Waals surface area contributed by atoms with Crippen molar-refractivity contribution in [3.8, 4) is 11.3 Å². The van der Waals surface area contributed by atoms with Crippen LogP contribution in [0.4, 0.5) is 0 Å². The number of fused-ring (bicyclic) bond motifs is 1. The van der Waals surface area contributed by atoms with Crippen molar-refractivity contribution in [2.75, 3.05) is 0 Å². The second-order valence-corrected chi connectivity index (χ2v) is 4.47. The van der Waals surface area contributed by atoms with E-state index in [0.29, 0.717) is 5.76 Å². The Hall–Kier alpha value is -1.83. The molecule has 0 spiro atoms. The Kier molecular flexibility index (Phi) is 2.56. The highest BCUT2D eigenvalue weighted by molar-refractivity contribution is 5.73. The Balaban J connectivity index is 2.10. The molecule has 0 aliphatic heterocycles. The van der Waals surface area contributed by atoms with Crippen LogP contribution in [-0.2, 0) is 12.8 Å². The lowest BCUT2D eigenvalue weighted by Gasteiger charge is -2.18. The molecule has 0 amide bonds. The number of aldehydes is 1. The zero-order chi connectivity index (χ0) is 11.7. The van der Waals surface area contributed by atoms with Crippen LogP contribution in [0, 0.1) is 0 Å². The molecule has 2 aromatic rings. The van der Waals surface area contributed by atoms with E-state index >= 15 is 0 Å². The second-order valence-electron chi connectivity index (χ2n) is 4.47. The zero-order valence-electron chi connectivity index (χ0n) is 9.61. The monoisotopic (exact) mass is 226 g/mol. The van der Waals surface area contributed by atoms with Crippen molar-refractivity contribution in [1.82, 2.24) is 0 Å². The van der Waals surface area contributed by atoms with Gasteiger partial charge in [-0.25, -0.2) is 0 Å². The number of aryl methyl sites for hydroxylation is 1. The largest absolute Gasteiger partial charge is 0.453 e. The Morgan fingerprint density at radius 1 is 1.06 bits per heavy atom. The lowest BCUT2D eigenvalue weighted by atomic mass is 9.87. The van der Waals surface area contributed by atoms with Crippen molar-refractivity contribution in [3.63, 3.8) is 0 Å². The third kappa shape index (κ3) is 1.80. The van der Waals surface area contributed by atoms with Crippen molar-refractivity contribution >= 4 is 6.29 Å². The van der Waals surface area contributed by atoms with E-state index in [2.05, 4.69) is 18.2 Å². The molecular formula is C15H14O2. The van der Waals surface area contributed by atoms with E-state index in [1.54, 1.807) is 6.07 Å². The number of carbonyl (C=O) groups is 1. The van der Waals surface area contributed by atoms with E-state index in [1.807, 2.05) is 6.07 Å². The first kappa shape index (κ1) is 10.3. The van der Waals surface area contributed by atoms with Crippen LogP contribution in [0.3, 0.4) is 0 Å². The van der Waals surface area contributed by atoms with Crippen LogP contribution in [0.1, 0.15) is 34.5 Å². The van der Waals surface area contributed by atoms with Crippen molar-refractivity contribution in [2.24, 2.45) is 0 Å². The number of hydrogen-bond donors (Lipinski definition) is 0. The molecule has 0 radical (unpaired) electrons. The molecular weight excluding hydrogens is 212 g/mol. The van der Waals surface area contributed by atoms with Gasteiger partial charge in [0.2, 0.25) is 0 Å². The quantitative estimate of drug-likeness (QED) is 0.732. The molecule has 1 aromatic heterocycles. The summed E-state index contributed by atoms with van der Waals surface area (Å²) in [6.45, 7) is 0. The van der Waals surface area contributed by atoms with Gasteiger partial charge in [0.1, 0.15) is 5.76 Å². The summed E-state index contributed by atoms with van der Waals surface area (Å²) in [6, 6.07) is 9.96. The lowest BCUT2D eigenvalue weighted by Crippen LogP contribution is -2.03.